The highest BCUT2D eigenvalue weighted by Crippen LogP contribution is 2.23. The number of amides is 1. The van der Waals surface area contributed by atoms with Crippen molar-refractivity contribution in [2.45, 2.75) is 18.9 Å². The summed E-state index contributed by atoms with van der Waals surface area (Å²) in [6, 6.07) is 5.23. The number of hydrogen-bond acceptors (Lipinski definition) is 1. The number of hydrogen-bond donors (Lipinski definition) is 1. The molecule has 0 saturated carbocycles. The van der Waals surface area contributed by atoms with Gasteiger partial charge in [-0.25, -0.2) is 0 Å². The zero-order valence-electron chi connectivity index (χ0n) is 9.77. The first kappa shape index (κ1) is 16.5. The molecule has 1 amide bonds. The lowest BCUT2D eigenvalue weighted by atomic mass is 10.0. The summed E-state index contributed by atoms with van der Waals surface area (Å²) < 4.78 is 0.854. The van der Waals surface area contributed by atoms with Crippen LogP contribution >= 0.6 is 59.4 Å². The maximum absolute atomic E-state index is 12.2. The van der Waals surface area contributed by atoms with Crippen molar-refractivity contribution < 1.29 is 4.79 Å². The van der Waals surface area contributed by atoms with Crippen LogP contribution in [-0.2, 0) is 0 Å². The quantitative estimate of drug-likeness (QED) is 0.628. The maximum Gasteiger partial charge on any atom is 0.253 e. The monoisotopic (exact) mass is 459 g/mol. The second-order valence-corrected chi connectivity index (χ2v) is 6.42. The van der Waals surface area contributed by atoms with Crippen LogP contribution in [0.5, 0.6) is 0 Å². The van der Waals surface area contributed by atoms with E-state index in [0.717, 1.165) is 10.9 Å². The van der Waals surface area contributed by atoms with Crippen LogP contribution in [0.15, 0.2) is 22.7 Å². The van der Waals surface area contributed by atoms with Crippen molar-refractivity contribution in [3.8, 4) is 0 Å². The molecule has 6 heteroatoms. The molecule has 0 aliphatic heterocycles. The summed E-state index contributed by atoms with van der Waals surface area (Å²) in [4.78, 5) is 12.2. The average molecular weight is 462 g/mol. The summed E-state index contributed by atoms with van der Waals surface area (Å²) in [5, 5.41) is 4.83. The number of halogens is 4. The molecule has 1 aromatic carbocycles. The minimum Gasteiger partial charge on any atom is -0.345 e. The van der Waals surface area contributed by atoms with Gasteiger partial charge in [0.2, 0.25) is 0 Å². The van der Waals surface area contributed by atoms with Gasteiger partial charge in [-0.15, -0.1) is 0 Å². The number of nitrogens with one attached hydrogen (secondary N) is 1. The summed E-state index contributed by atoms with van der Waals surface area (Å²) in [5.41, 5.74) is 0.188. The average Bonchev–Trinajstić information content (AvgIpc) is 2.36. The van der Waals surface area contributed by atoms with Crippen molar-refractivity contribution in [1.82, 2.24) is 5.32 Å². The highest BCUT2D eigenvalue weighted by atomic mass is 79.9. The Bertz CT molecular complexity index is 427. The molecule has 2 nitrogen and oxygen atoms in total. The fourth-order valence-electron chi connectivity index (χ4n) is 1.36. The van der Waals surface area contributed by atoms with E-state index >= 15 is 0 Å². The Morgan fingerprint density at radius 2 is 2.00 bits per heavy atom. The fraction of sp³-hybridized carbons (Fsp3) is 0.417. The fourth-order valence-corrected chi connectivity index (χ4v) is 4.12. The van der Waals surface area contributed by atoms with Gasteiger partial charge in [0.15, 0.2) is 0 Å². The SMILES string of the molecule is CCC(CBr)(CBr)NC(=O)c1ccc(Br)cc1Cl. The third-order valence-corrected chi connectivity index (χ3v) is 5.70. The predicted octanol–water partition coefficient (Wildman–Crippen LogP) is 4.77. The van der Waals surface area contributed by atoms with Crippen LogP contribution in [0.25, 0.3) is 0 Å². The van der Waals surface area contributed by atoms with Gasteiger partial charge >= 0.3 is 0 Å². The van der Waals surface area contributed by atoms with Crippen LogP contribution in [-0.4, -0.2) is 22.1 Å². The van der Waals surface area contributed by atoms with Gasteiger partial charge < -0.3 is 5.32 Å². The molecule has 0 bridgehead atoms. The van der Waals surface area contributed by atoms with Crippen LogP contribution in [0.2, 0.25) is 5.02 Å². The van der Waals surface area contributed by atoms with Crippen LogP contribution in [0, 0.1) is 0 Å². The normalized spacial score (nSPS) is 11.4. The topological polar surface area (TPSA) is 29.1 Å². The smallest absolute Gasteiger partial charge is 0.253 e. The summed E-state index contributed by atoms with van der Waals surface area (Å²) in [6.45, 7) is 2.03. The maximum atomic E-state index is 12.2. The Morgan fingerprint density at radius 3 is 2.44 bits per heavy atom. The van der Waals surface area contributed by atoms with E-state index in [4.69, 9.17) is 11.6 Å². The minimum atomic E-state index is -0.298. The van der Waals surface area contributed by atoms with Gasteiger partial charge in [-0.1, -0.05) is 66.3 Å². The molecule has 0 fully saturated rings. The third kappa shape index (κ3) is 3.95. The van der Waals surface area contributed by atoms with E-state index < -0.39 is 0 Å². The van der Waals surface area contributed by atoms with Crippen LogP contribution in [0.3, 0.4) is 0 Å². The number of rotatable bonds is 5. The lowest BCUT2D eigenvalue weighted by Gasteiger charge is -2.30. The van der Waals surface area contributed by atoms with E-state index in [2.05, 4.69) is 53.1 Å². The Morgan fingerprint density at radius 1 is 1.39 bits per heavy atom. The lowest BCUT2D eigenvalue weighted by Crippen LogP contribution is -2.51. The molecule has 0 spiro atoms. The molecule has 100 valence electrons. The molecule has 0 heterocycles. The number of carbonyl (C=O) groups excluding carboxylic acids is 1. The van der Waals surface area contributed by atoms with E-state index in [1.807, 2.05) is 6.92 Å². The first-order chi connectivity index (χ1) is 8.48. The highest BCUT2D eigenvalue weighted by Gasteiger charge is 2.28. The Labute approximate surface area is 137 Å². The van der Waals surface area contributed by atoms with E-state index in [1.54, 1.807) is 18.2 Å². The van der Waals surface area contributed by atoms with Gasteiger partial charge in [0.1, 0.15) is 0 Å². The first-order valence-electron chi connectivity index (χ1n) is 5.37. The largest absolute Gasteiger partial charge is 0.345 e. The molecule has 0 atom stereocenters. The molecular weight excluding hydrogens is 449 g/mol. The number of benzene rings is 1. The van der Waals surface area contributed by atoms with Crippen molar-refractivity contribution in [2.75, 3.05) is 10.7 Å². The zero-order valence-corrected chi connectivity index (χ0v) is 15.3. The molecule has 1 rings (SSSR count). The summed E-state index contributed by atoms with van der Waals surface area (Å²) in [7, 11) is 0. The molecule has 18 heavy (non-hydrogen) atoms. The van der Waals surface area contributed by atoms with Crippen molar-refractivity contribution in [1.29, 1.82) is 0 Å². The summed E-state index contributed by atoms with van der Waals surface area (Å²) in [5.74, 6) is -0.159. The van der Waals surface area contributed by atoms with E-state index in [0.29, 0.717) is 21.2 Å². The second kappa shape index (κ2) is 7.27. The Balaban J connectivity index is 2.94. The lowest BCUT2D eigenvalue weighted by molar-refractivity contribution is 0.0915. The van der Waals surface area contributed by atoms with Gasteiger partial charge in [0.05, 0.1) is 16.1 Å². The van der Waals surface area contributed by atoms with Crippen molar-refractivity contribution in [3.05, 3.63) is 33.3 Å². The molecule has 0 unspecified atom stereocenters. The standard InChI is InChI=1S/C12H13Br3ClNO/c1-2-12(6-13,7-14)17-11(18)9-4-3-8(15)5-10(9)16/h3-5H,2,6-7H2,1H3,(H,17,18). The molecule has 1 N–H and O–H groups in total. The zero-order chi connectivity index (χ0) is 13.8. The third-order valence-electron chi connectivity index (χ3n) is 2.74. The van der Waals surface area contributed by atoms with Crippen molar-refractivity contribution >= 4 is 65.3 Å². The van der Waals surface area contributed by atoms with Gasteiger partial charge in [0.25, 0.3) is 5.91 Å². The molecular formula is C12H13Br3ClNO. The Kier molecular flexibility index (Phi) is 6.65. The molecule has 0 saturated heterocycles. The van der Waals surface area contributed by atoms with E-state index in [1.165, 1.54) is 0 Å². The molecule has 0 aromatic heterocycles. The molecule has 1 aromatic rings. The first-order valence-corrected chi connectivity index (χ1v) is 8.79. The van der Waals surface area contributed by atoms with Crippen LogP contribution in [0.4, 0.5) is 0 Å². The van der Waals surface area contributed by atoms with E-state index in [-0.39, 0.29) is 11.4 Å². The predicted molar refractivity (Wildman–Crippen MR) is 87.2 cm³/mol. The molecule has 0 aliphatic carbocycles. The highest BCUT2D eigenvalue weighted by molar-refractivity contribution is 9.10. The number of alkyl halides is 2. The van der Waals surface area contributed by atoms with Gasteiger partial charge in [-0.05, 0) is 24.6 Å². The molecule has 0 radical (unpaired) electrons. The number of carbonyl (C=O) groups is 1. The van der Waals surface area contributed by atoms with Gasteiger partial charge in [-0.2, -0.15) is 0 Å². The van der Waals surface area contributed by atoms with E-state index in [9.17, 15) is 4.79 Å². The Hall–Kier alpha value is 0.420. The van der Waals surface area contributed by atoms with Gasteiger partial charge in [0, 0.05) is 15.1 Å². The molecule has 0 aliphatic rings. The summed E-state index contributed by atoms with van der Waals surface area (Å²) >= 11 is 16.3. The van der Waals surface area contributed by atoms with Crippen LogP contribution in [0.1, 0.15) is 23.7 Å². The van der Waals surface area contributed by atoms with Crippen molar-refractivity contribution in [2.24, 2.45) is 0 Å². The van der Waals surface area contributed by atoms with Gasteiger partial charge in [-0.3, -0.25) is 4.79 Å². The van der Waals surface area contributed by atoms with Crippen LogP contribution < -0.4 is 5.32 Å². The minimum absolute atomic E-state index is 0.159. The second-order valence-electron chi connectivity index (χ2n) is 3.98. The summed E-state index contributed by atoms with van der Waals surface area (Å²) in [6.07, 6.45) is 0.823. The van der Waals surface area contributed by atoms with Crippen molar-refractivity contribution in [3.63, 3.8) is 0 Å².